The second kappa shape index (κ2) is 12.6. The van der Waals surface area contributed by atoms with Gasteiger partial charge in [0, 0.05) is 45.6 Å². The maximum Gasteiger partial charge on any atom is 0.191 e. The molecule has 2 aromatic rings. The zero-order valence-corrected chi connectivity index (χ0v) is 18.3. The van der Waals surface area contributed by atoms with Crippen LogP contribution in [0.15, 0.2) is 47.6 Å². The number of halogens is 1. The Morgan fingerprint density at radius 3 is 2.58 bits per heavy atom. The maximum atomic E-state index is 4.62. The number of unbranched alkanes of at least 4 members (excludes halogenated alkanes) is 1. The number of benzene rings is 1. The Balaban J connectivity index is 0.00000338. The third-order valence-electron chi connectivity index (χ3n) is 4.08. The molecule has 0 spiro atoms. The molecular weight excluding hydrogens is 439 g/mol. The van der Waals surface area contributed by atoms with E-state index in [1.807, 2.05) is 23.9 Å². The van der Waals surface area contributed by atoms with Crippen LogP contribution in [-0.4, -0.2) is 42.4 Å². The molecular formula is C19H31IN6. The van der Waals surface area contributed by atoms with Crippen LogP contribution in [0.4, 0.5) is 5.69 Å². The van der Waals surface area contributed by atoms with Crippen molar-refractivity contribution in [3.8, 4) is 0 Å². The van der Waals surface area contributed by atoms with Crippen molar-refractivity contribution in [1.82, 2.24) is 20.4 Å². The van der Waals surface area contributed by atoms with Crippen molar-refractivity contribution in [2.45, 2.75) is 26.3 Å². The Bertz CT molecular complexity index is 640. The monoisotopic (exact) mass is 470 g/mol. The molecule has 144 valence electrons. The van der Waals surface area contributed by atoms with Gasteiger partial charge >= 0.3 is 0 Å². The molecule has 6 nitrogen and oxygen atoms in total. The fraction of sp³-hybridized carbons (Fsp3) is 0.474. The van der Waals surface area contributed by atoms with Gasteiger partial charge in [0.15, 0.2) is 5.96 Å². The summed E-state index contributed by atoms with van der Waals surface area (Å²) in [4.78, 5) is 6.91. The minimum atomic E-state index is 0. The van der Waals surface area contributed by atoms with Gasteiger partial charge in [-0.25, -0.2) is 4.99 Å². The van der Waals surface area contributed by atoms with Gasteiger partial charge in [-0.1, -0.05) is 18.2 Å². The first kappa shape index (κ1) is 22.3. The summed E-state index contributed by atoms with van der Waals surface area (Å²) in [5.74, 6) is 0.861. The first-order valence-corrected chi connectivity index (χ1v) is 8.96. The lowest BCUT2D eigenvalue weighted by Gasteiger charge is -2.19. The lowest BCUT2D eigenvalue weighted by atomic mass is 10.2. The standard InChI is InChI=1S/C19H30N6.HI/c1-4-20-19(22-16-18-12-14-23-25(18)3)21-13-8-9-15-24(2)17-10-6-5-7-11-17;/h5-7,10-12,14H,4,8-9,13,15-16H2,1-3H3,(H2,20,21,22);1H. The van der Waals surface area contributed by atoms with E-state index in [2.05, 4.69) is 63.9 Å². The Labute approximate surface area is 174 Å². The largest absolute Gasteiger partial charge is 0.375 e. The quantitative estimate of drug-likeness (QED) is 0.256. The van der Waals surface area contributed by atoms with E-state index < -0.39 is 0 Å². The molecule has 0 radical (unpaired) electrons. The molecule has 0 amide bonds. The molecule has 7 heteroatoms. The predicted molar refractivity (Wildman–Crippen MR) is 120 cm³/mol. The number of aliphatic imine (C=N–C) groups is 1. The minimum absolute atomic E-state index is 0. The second-order valence-corrected chi connectivity index (χ2v) is 6.03. The van der Waals surface area contributed by atoms with Crippen molar-refractivity contribution >= 4 is 35.6 Å². The van der Waals surface area contributed by atoms with Crippen LogP contribution in [0.25, 0.3) is 0 Å². The first-order valence-electron chi connectivity index (χ1n) is 8.96. The predicted octanol–water partition coefficient (Wildman–Crippen LogP) is 3.01. The Morgan fingerprint density at radius 1 is 1.15 bits per heavy atom. The molecule has 2 N–H and O–H groups in total. The molecule has 1 aromatic carbocycles. The molecule has 0 bridgehead atoms. The van der Waals surface area contributed by atoms with Gasteiger partial charge in [0.1, 0.15) is 0 Å². The van der Waals surface area contributed by atoms with Gasteiger partial charge in [-0.2, -0.15) is 5.10 Å². The van der Waals surface area contributed by atoms with Crippen LogP contribution in [0.1, 0.15) is 25.5 Å². The number of hydrogen-bond acceptors (Lipinski definition) is 3. The number of anilines is 1. The molecule has 26 heavy (non-hydrogen) atoms. The van der Waals surface area contributed by atoms with Gasteiger partial charge in [0.2, 0.25) is 0 Å². The fourth-order valence-corrected chi connectivity index (χ4v) is 2.55. The Hall–Kier alpha value is -1.77. The SMILES string of the molecule is CCNC(=NCc1ccnn1C)NCCCCN(C)c1ccccc1.I. The molecule has 0 unspecified atom stereocenters. The van der Waals surface area contributed by atoms with E-state index in [9.17, 15) is 0 Å². The lowest BCUT2D eigenvalue weighted by Crippen LogP contribution is -2.38. The van der Waals surface area contributed by atoms with Crippen LogP contribution in [0.5, 0.6) is 0 Å². The highest BCUT2D eigenvalue weighted by atomic mass is 127. The normalized spacial score (nSPS) is 11.0. The summed E-state index contributed by atoms with van der Waals surface area (Å²) >= 11 is 0. The Kier molecular flexibility index (Phi) is 10.8. The number of nitrogens with one attached hydrogen (secondary N) is 2. The van der Waals surface area contributed by atoms with Crippen molar-refractivity contribution in [3.63, 3.8) is 0 Å². The van der Waals surface area contributed by atoms with E-state index >= 15 is 0 Å². The molecule has 0 fully saturated rings. The molecule has 0 aliphatic carbocycles. The van der Waals surface area contributed by atoms with Gasteiger partial charge in [-0.05, 0) is 38.0 Å². The average Bonchev–Trinajstić information content (AvgIpc) is 3.04. The number of guanidine groups is 1. The summed E-state index contributed by atoms with van der Waals surface area (Å²) in [5, 5.41) is 10.9. The highest BCUT2D eigenvalue weighted by molar-refractivity contribution is 14.0. The molecule has 1 heterocycles. The molecule has 0 saturated heterocycles. The summed E-state index contributed by atoms with van der Waals surface area (Å²) in [5.41, 5.74) is 2.36. The third-order valence-corrected chi connectivity index (χ3v) is 4.08. The molecule has 1 aromatic heterocycles. The van der Waals surface area contributed by atoms with Crippen LogP contribution in [0, 0.1) is 0 Å². The summed E-state index contributed by atoms with van der Waals surface area (Å²) in [6.07, 6.45) is 4.04. The third kappa shape index (κ3) is 7.63. The zero-order valence-electron chi connectivity index (χ0n) is 16.0. The summed E-state index contributed by atoms with van der Waals surface area (Å²) in [6.45, 7) is 5.53. The van der Waals surface area contributed by atoms with Crippen LogP contribution < -0.4 is 15.5 Å². The van der Waals surface area contributed by atoms with Crippen molar-refractivity contribution < 1.29 is 0 Å². The van der Waals surface area contributed by atoms with Gasteiger partial charge in [-0.15, -0.1) is 24.0 Å². The van der Waals surface area contributed by atoms with Gasteiger partial charge in [0.25, 0.3) is 0 Å². The fourth-order valence-electron chi connectivity index (χ4n) is 2.55. The minimum Gasteiger partial charge on any atom is -0.375 e. The topological polar surface area (TPSA) is 57.5 Å². The van der Waals surface area contributed by atoms with E-state index in [1.165, 1.54) is 5.69 Å². The number of nitrogens with zero attached hydrogens (tertiary/aromatic N) is 4. The van der Waals surface area contributed by atoms with E-state index in [0.717, 1.165) is 44.1 Å². The maximum absolute atomic E-state index is 4.62. The molecule has 2 rings (SSSR count). The van der Waals surface area contributed by atoms with Crippen molar-refractivity contribution in [3.05, 3.63) is 48.3 Å². The lowest BCUT2D eigenvalue weighted by molar-refractivity contribution is 0.681. The highest BCUT2D eigenvalue weighted by Crippen LogP contribution is 2.11. The van der Waals surface area contributed by atoms with Crippen LogP contribution >= 0.6 is 24.0 Å². The van der Waals surface area contributed by atoms with Gasteiger partial charge in [0.05, 0.1) is 12.2 Å². The first-order chi connectivity index (χ1) is 12.2. The van der Waals surface area contributed by atoms with Crippen molar-refractivity contribution in [2.24, 2.45) is 12.0 Å². The average molecular weight is 470 g/mol. The molecule has 0 atom stereocenters. The van der Waals surface area contributed by atoms with Crippen LogP contribution in [0.2, 0.25) is 0 Å². The van der Waals surface area contributed by atoms with E-state index in [-0.39, 0.29) is 24.0 Å². The van der Waals surface area contributed by atoms with E-state index in [1.54, 1.807) is 6.20 Å². The second-order valence-electron chi connectivity index (χ2n) is 6.03. The number of para-hydroxylation sites is 1. The Morgan fingerprint density at radius 2 is 1.92 bits per heavy atom. The number of aromatic nitrogens is 2. The molecule has 0 saturated carbocycles. The molecule has 0 aliphatic rings. The van der Waals surface area contributed by atoms with Crippen molar-refractivity contribution in [2.75, 3.05) is 31.6 Å². The van der Waals surface area contributed by atoms with E-state index in [0.29, 0.717) is 6.54 Å². The molecule has 0 aliphatic heterocycles. The van der Waals surface area contributed by atoms with E-state index in [4.69, 9.17) is 0 Å². The smallest absolute Gasteiger partial charge is 0.191 e. The number of hydrogen-bond donors (Lipinski definition) is 2. The van der Waals surface area contributed by atoms with Gasteiger partial charge in [-0.3, -0.25) is 4.68 Å². The summed E-state index contributed by atoms with van der Waals surface area (Å²) < 4.78 is 1.85. The van der Waals surface area contributed by atoms with Crippen LogP contribution in [-0.2, 0) is 13.6 Å². The summed E-state index contributed by atoms with van der Waals surface area (Å²) in [7, 11) is 4.08. The van der Waals surface area contributed by atoms with Crippen molar-refractivity contribution in [1.29, 1.82) is 0 Å². The van der Waals surface area contributed by atoms with Crippen LogP contribution in [0.3, 0.4) is 0 Å². The number of aryl methyl sites for hydroxylation is 1. The zero-order chi connectivity index (χ0) is 17.9. The highest BCUT2D eigenvalue weighted by Gasteiger charge is 2.02. The van der Waals surface area contributed by atoms with Gasteiger partial charge < -0.3 is 15.5 Å². The summed E-state index contributed by atoms with van der Waals surface area (Å²) in [6, 6.07) is 12.5. The number of rotatable bonds is 9.